The summed E-state index contributed by atoms with van der Waals surface area (Å²) in [6.45, 7) is 6.55. The minimum Gasteiger partial charge on any atom is -0.462 e. The minimum atomic E-state index is -3.83. The maximum Gasteiger partial charge on any atom is 0.338 e. The predicted octanol–water partition coefficient (Wildman–Crippen LogP) is 2.57. The number of carbonyl (C=O) groups excluding carboxylic acids is 2. The van der Waals surface area contributed by atoms with Crippen LogP contribution in [0.2, 0.25) is 0 Å². The number of ether oxygens (including phenoxy) is 1. The van der Waals surface area contributed by atoms with E-state index >= 15 is 0 Å². The molecule has 0 spiro atoms. The van der Waals surface area contributed by atoms with Crippen LogP contribution in [-0.2, 0) is 19.6 Å². The summed E-state index contributed by atoms with van der Waals surface area (Å²) in [6, 6.07) is 5.65. The number of esters is 1. The van der Waals surface area contributed by atoms with E-state index < -0.39 is 16.0 Å². The molecule has 0 aliphatic carbocycles. The molecule has 8 heteroatoms. The summed E-state index contributed by atoms with van der Waals surface area (Å²) < 4.78 is 32.7. The van der Waals surface area contributed by atoms with Crippen LogP contribution in [0.15, 0.2) is 29.2 Å². The molecule has 2 unspecified atom stereocenters. The predicted molar refractivity (Wildman–Crippen MR) is 106 cm³/mol. The third-order valence-electron chi connectivity index (χ3n) is 4.98. The Hall–Kier alpha value is -1.93. The lowest BCUT2D eigenvalue weighted by Gasteiger charge is -2.36. The summed E-state index contributed by atoms with van der Waals surface area (Å²) >= 11 is 0. The van der Waals surface area contributed by atoms with Gasteiger partial charge in [-0.2, -0.15) is 4.31 Å². The van der Waals surface area contributed by atoms with Crippen molar-refractivity contribution in [3.05, 3.63) is 29.8 Å². The molecule has 1 heterocycles. The zero-order chi connectivity index (χ0) is 20.7. The number of carbonyl (C=O) groups is 2. The zero-order valence-electron chi connectivity index (χ0n) is 16.8. The van der Waals surface area contributed by atoms with Crippen molar-refractivity contribution in [2.24, 2.45) is 5.92 Å². The van der Waals surface area contributed by atoms with E-state index in [1.165, 1.54) is 28.6 Å². The average Bonchev–Trinajstić information content (AvgIpc) is 2.68. The fraction of sp³-hybridized carbons (Fsp3) is 0.600. The first-order valence-corrected chi connectivity index (χ1v) is 11.3. The first-order chi connectivity index (χ1) is 13.3. The van der Waals surface area contributed by atoms with Crippen LogP contribution in [-0.4, -0.2) is 50.3 Å². The van der Waals surface area contributed by atoms with Gasteiger partial charge in [-0.25, -0.2) is 13.2 Å². The Morgan fingerprint density at radius 2 is 2.00 bits per heavy atom. The van der Waals surface area contributed by atoms with E-state index in [-0.39, 0.29) is 41.5 Å². The standard InChI is InChI=1S/C20H30N2O5S/c1-4-6-12-21-19(23)17-11-10-15(3)22(14-17)28(25,26)18-9-7-8-16(13-18)20(24)27-5-2/h7-9,13,15,17H,4-6,10-12,14H2,1-3H3,(H,21,23). The number of nitrogens with zero attached hydrogens (tertiary/aromatic N) is 1. The Morgan fingerprint density at radius 1 is 1.25 bits per heavy atom. The van der Waals surface area contributed by atoms with E-state index in [1.807, 2.05) is 13.8 Å². The second-order valence-electron chi connectivity index (χ2n) is 7.09. The molecule has 0 saturated carbocycles. The van der Waals surface area contributed by atoms with Crippen LogP contribution in [0.25, 0.3) is 0 Å². The molecule has 0 bridgehead atoms. The number of amides is 1. The highest BCUT2D eigenvalue weighted by molar-refractivity contribution is 7.89. The Labute approximate surface area is 167 Å². The molecule has 1 aromatic carbocycles. The highest BCUT2D eigenvalue weighted by Gasteiger charge is 2.37. The molecule has 2 rings (SSSR count). The zero-order valence-corrected chi connectivity index (χ0v) is 17.6. The molecule has 1 saturated heterocycles. The van der Waals surface area contributed by atoms with Crippen molar-refractivity contribution in [3.63, 3.8) is 0 Å². The van der Waals surface area contributed by atoms with Gasteiger partial charge in [-0.1, -0.05) is 19.4 Å². The first-order valence-electron chi connectivity index (χ1n) is 9.88. The third kappa shape index (κ3) is 5.32. The second-order valence-corrected chi connectivity index (χ2v) is 8.98. The molecule has 28 heavy (non-hydrogen) atoms. The van der Waals surface area contributed by atoms with Crippen LogP contribution >= 0.6 is 0 Å². The number of hydrogen-bond donors (Lipinski definition) is 1. The number of hydrogen-bond acceptors (Lipinski definition) is 5. The van der Waals surface area contributed by atoms with E-state index in [1.54, 1.807) is 6.92 Å². The molecular formula is C20H30N2O5S. The van der Waals surface area contributed by atoms with Crippen LogP contribution in [0.1, 0.15) is 56.8 Å². The highest BCUT2D eigenvalue weighted by Crippen LogP contribution is 2.28. The van der Waals surface area contributed by atoms with Crippen LogP contribution in [0, 0.1) is 5.92 Å². The first kappa shape index (κ1) is 22.4. The topological polar surface area (TPSA) is 92.8 Å². The fourth-order valence-corrected chi connectivity index (χ4v) is 5.04. The Morgan fingerprint density at radius 3 is 2.68 bits per heavy atom. The molecule has 0 aromatic heterocycles. The second kappa shape index (κ2) is 10.0. The van der Waals surface area contributed by atoms with Gasteiger partial charge in [0, 0.05) is 19.1 Å². The quantitative estimate of drug-likeness (QED) is 0.525. The van der Waals surface area contributed by atoms with Crippen molar-refractivity contribution in [3.8, 4) is 0 Å². The Balaban J connectivity index is 2.20. The molecule has 1 aliphatic heterocycles. The van der Waals surface area contributed by atoms with Gasteiger partial charge in [-0.05, 0) is 51.3 Å². The van der Waals surface area contributed by atoms with Crippen LogP contribution < -0.4 is 5.32 Å². The lowest BCUT2D eigenvalue weighted by Crippen LogP contribution is -2.49. The number of nitrogens with one attached hydrogen (secondary N) is 1. The monoisotopic (exact) mass is 410 g/mol. The smallest absolute Gasteiger partial charge is 0.338 e. The molecule has 2 atom stereocenters. The normalized spacial score (nSPS) is 20.5. The van der Waals surface area contributed by atoms with Crippen LogP contribution in [0.5, 0.6) is 0 Å². The van der Waals surface area contributed by atoms with Gasteiger partial charge in [0.15, 0.2) is 0 Å². The van der Waals surface area contributed by atoms with Gasteiger partial charge in [0.1, 0.15) is 0 Å². The molecule has 1 amide bonds. The van der Waals surface area contributed by atoms with Crippen molar-refractivity contribution < 1.29 is 22.7 Å². The van der Waals surface area contributed by atoms with Gasteiger partial charge >= 0.3 is 5.97 Å². The lowest BCUT2D eigenvalue weighted by molar-refractivity contribution is -0.126. The van der Waals surface area contributed by atoms with Crippen LogP contribution in [0.3, 0.4) is 0 Å². The Kier molecular flexibility index (Phi) is 8.00. The molecule has 156 valence electrons. The maximum atomic E-state index is 13.2. The summed E-state index contributed by atoms with van der Waals surface area (Å²) in [5.74, 6) is -1.02. The van der Waals surface area contributed by atoms with Crippen molar-refractivity contribution in [1.29, 1.82) is 0 Å². The molecular weight excluding hydrogens is 380 g/mol. The summed E-state index contributed by atoms with van der Waals surface area (Å²) in [5.41, 5.74) is 0.196. The maximum absolute atomic E-state index is 13.2. The Bertz CT molecular complexity index is 794. The van der Waals surface area contributed by atoms with Gasteiger partial charge in [-0.15, -0.1) is 0 Å². The van der Waals surface area contributed by atoms with E-state index in [2.05, 4.69) is 5.32 Å². The number of benzene rings is 1. The number of sulfonamides is 1. The third-order valence-corrected chi connectivity index (χ3v) is 6.95. The minimum absolute atomic E-state index is 0.0388. The molecule has 0 radical (unpaired) electrons. The van der Waals surface area contributed by atoms with Crippen molar-refractivity contribution in [1.82, 2.24) is 9.62 Å². The number of piperidine rings is 1. The molecule has 1 aromatic rings. The van der Waals surface area contributed by atoms with Crippen molar-refractivity contribution in [2.75, 3.05) is 19.7 Å². The fourth-order valence-electron chi connectivity index (χ4n) is 3.29. The van der Waals surface area contributed by atoms with Gasteiger partial charge in [-0.3, -0.25) is 4.79 Å². The molecule has 1 N–H and O–H groups in total. The van der Waals surface area contributed by atoms with Crippen molar-refractivity contribution >= 4 is 21.9 Å². The number of unbranched alkanes of at least 4 members (excludes halogenated alkanes) is 1. The van der Waals surface area contributed by atoms with Gasteiger partial charge < -0.3 is 10.1 Å². The average molecular weight is 411 g/mol. The summed E-state index contributed by atoms with van der Waals surface area (Å²) in [7, 11) is -3.83. The van der Waals surface area contributed by atoms with Gasteiger partial charge in [0.05, 0.1) is 23.0 Å². The van der Waals surface area contributed by atoms with E-state index in [0.29, 0.717) is 19.4 Å². The summed E-state index contributed by atoms with van der Waals surface area (Å²) in [4.78, 5) is 24.4. The summed E-state index contributed by atoms with van der Waals surface area (Å²) in [6.07, 6.45) is 3.16. The molecule has 1 fully saturated rings. The summed E-state index contributed by atoms with van der Waals surface area (Å²) in [5, 5.41) is 2.90. The molecule has 7 nitrogen and oxygen atoms in total. The largest absolute Gasteiger partial charge is 0.462 e. The highest BCUT2D eigenvalue weighted by atomic mass is 32.2. The SMILES string of the molecule is CCCCNC(=O)C1CCC(C)N(S(=O)(=O)c2cccc(C(=O)OCC)c2)C1. The van der Waals surface area contributed by atoms with E-state index in [0.717, 1.165) is 12.8 Å². The lowest BCUT2D eigenvalue weighted by atomic mass is 9.94. The van der Waals surface area contributed by atoms with E-state index in [4.69, 9.17) is 4.74 Å². The van der Waals surface area contributed by atoms with Crippen LogP contribution in [0.4, 0.5) is 0 Å². The molecule has 1 aliphatic rings. The van der Waals surface area contributed by atoms with Gasteiger partial charge in [0.2, 0.25) is 15.9 Å². The van der Waals surface area contributed by atoms with Gasteiger partial charge in [0.25, 0.3) is 0 Å². The number of rotatable bonds is 8. The van der Waals surface area contributed by atoms with Crippen molar-refractivity contribution in [2.45, 2.75) is 57.4 Å². The van der Waals surface area contributed by atoms with E-state index in [9.17, 15) is 18.0 Å².